The molecule has 1 amide bonds. The molecule has 0 saturated carbocycles. The zero-order valence-electron chi connectivity index (χ0n) is 15.6. The van der Waals surface area contributed by atoms with Crippen LogP contribution in [0.2, 0.25) is 0 Å². The molecule has 7 nitrogen and oxygen atoms in total. The Labute approximate surface area is 167 Å². The number of para-hydroxylation sites is 3. The summed E-state index contributed by atoms with van der Waals surface area (Å²) in [6.07, 6.45) is 1.59. The fourth-order valence-corrected chi connectivity index (χ4v) is 2.64. The van der Waals surface area contributed by atoms with E-state index in [1.807, 2.05) is 54.6 Å². The van der Waals surface area contributed by atoms with E-state index in [1.54, 1.807) is 31.3 Å². The molecule has 144 valence electrons. The first-order valence-corrected chi connectivity index (χ1v) is 8.97. The fourth-order valence-electron chi connectivity index (χ4n) is 2.64. The topological polar surface area (TPSA) is 89.3 Å². The summed E-state index contributed by atoms with van der Waals surface area (Å²) in [7, 11) is 0. The third kappa shape index (κ3) is 4.59. The molecule has 2 N–H and O–H groups in total. The highest BCUT2D eigenvalue weighted by Gasteiger charge is 2.11. The van der Waals surface area contributed by atoms with Crippen molar-refractivity contribution in [2.24, 2.45) is 0 Å². The van der Waals surface area contributed by atoms with E-state index in [9.17, 15) is 4.79 Å². The Morgan fingerprint density at radius 3 is 2.52 bits per heavy atom. The second-order valence-electron chi connectivity index (χ2n) is 6.25. The number of aromatic nitrogens is 2. The Kier molecular flexibility index (Phi) is 5.20. The molecule has 29 heavy (non-hydrogen) atoms. The van der Waals surface area contributed by atoms with Crippen LogP contribution in [0.25, 0.3) is 0 Å². The highest BCUT2D eigenvalue weighted by molar-refractivity contribution is 6.02. The van der Waals surface area contributed by atoms with Gasteiger partial charge in [-0.25, -0.2) is 4.98 Å². The lowest BCUT2D eigenvalue weighted by Gasteiger charge is -2.13. The van der Waals surface area contributed by atoms with Crippen molar-refractivity contribution in [1.29, 1.82) is 0 Å². The van der Waals surface area contributed by atoms with Gasteiger partial charge in [-0.2, -0.15) is 0 Å². The lowest BCUT2D eigenvalue weighted by atomic mass is 10.2. The second-order valence-corrected chi connectivity index (χ2v) is 6.25. The molecule has 0 aliphatic carbocycles. The van der Waals surface area contributed by atoms with E-state index in [4.69, 9.17) is 9.26 Å². The number of hydrogen-bond acceptors (Lipinski definition) is 6. The van der Waals surface area contributed by atoms with Gasteiger partial charge in [0, 0.05) is 6.07 Å². The standard InChI is InChI=1S/C22H18N4O3/c1-15-13-21(26-29-15)25-22(27)19-12-11-16(14-23-19)24-18-9-5-6-10-20(18)28-17-7-3-2-4-8-17/h2-14,24H,1H3,(H,25,26,27). The Bertz CT molecular complexity index is 1110. The molecule has 0 radical (unpaired) electrons. The number of carbonyl (C=O) groups excluding carboxylic acids is 1. The summed E-state index contributed by atoms with van der Waals surface area (Å²) in [5.74, 6) is 2.03. The third-order valence-electron chi connectivity index (χ3n) is 4.00. The number of aryl methyl sites for hydroxylation is 1. The van der Waals surface area contributed by atoms with E-state index in [0.717, 1.165) is 17.1 Å². The molecule has 7 heteroatoms. The lowest BCUT2D eigenvalue weighted by molar-refractivity contribution is 0.102. The van der Waals surface area contributed by atoms with Gasteiger partial charge >= 0.3 is 0 Å². The maximum Gasteiger partial charge on any atom is 0.275 e. The largest absolute Gasteiger partial charge is 0.455 e. The minimum Gasteiger partial charge on any atom is -0.455 e. The van der Waals surface area contributed by atoms with Gasteiger partial charge < -0.3 is 19.9 Å². The van der Waals surface area contributed by atoms with E-state index in [0.29, 0.717) is 17.3 Å². The molecule has 2 heterocycles. The van der Waals surface area contributed by atoms with E-state index < -0.39 is 0 Å². The number of nitrogens with one attached hydrogen (secondary N) is 2. The Morgan fingerprint density at radius 1 is 1.00 bits per heavy atom. The van der Waals surface area contributed by atoms with Crippen molar-refractivity contribution in [1.82, 2.24) is 10.1 Å². The SMILES string of the molecule is Cc1cc(NC(=O)c2ccc(Nc3ccccc3Oc3ccccc3)cn2)no1. The first-order chi connectivity index (χ1) is 14.2. The van der Waals surface area contributed by atoms with Crippen molar-refractivity contribution < 1.29 is 14.1 Å². The quantitative estimate of drug-likeness (QED) is 0.475. The number of benzene rings is 2. The molecule has 0 unspecified atom stereocenters. The van der Waals surface area contributed by atoms with Crippen molar-refractivity contribution in [2.45, 2.75) is 6.92 Å². The minimum atomic E-state index is -0.363. The Balaban J connectivity index is 1.46. The van der Waals surface area contributed by atoms with Gasteiger partial charge in [-0.1, -0.05) is 35.5 Å². The van der Waals surface area contributed by atoms with E-state index in [-0.39, 0.29) is 11.6 Å². The molecule has 0 saturated heterocycles. The maximum atomic E-state index is 12.3. The average Bonchev–Trinajstić information content (AvgIpc) is 3.15. The van der Waals surface area contributed by atoms with Gasteiger partial charge in [0.05, 0.1) is 17.6 Å². The summed E-state index contributed by atoms with van der Waals surface area (Å²) in [6.45, 7) is 1.75. The summed E-state index contributed by atoms with van der Waals surface area (Å²) >= 11 is 0. The van der Waals surface area contributed by atoms with Crippen LogP contribution in [0.1, 0.15) is 16.2 Å². The van der Waals surface area contributed by atoms with Crippen molar-refractivity contribution >= 4 is 23.1 Å². The van der Waals surface area contributed by atoms with Gasteiger partial charge in [0.15, 0.2) is 11.6 Å². The molecule has 0 bridgehead atoms. The van der Waals surface area contributed by atoms with Crippen LogP contribution in [0, 0.1) is 6.92 Å². The summed E-state index contributed by atoms with van der Waals surface area (Å²) in [4.78, 5) is 16.5. The van der Waals surface area contributed by atoms with E-state index in [2.05, 4.69) is 20.8 Å². The first-order valence-electron chi connectivity index (χ1n) is 8.97. The number of nitrogens with zero attached hydrogens (tertiary/aromatic N) is 2. The molecule has 4 rings (SSSR count). The molecule has 0 aliphatic rings. The summed E-state index contributed by atoms with van der Waals surface area (Å²) < 4.78 is 10.9. The number of rotatable bonds is 6. The van der Waals surface area contributed by atoms with Crippen LogP contribution in [0.5, 0.6) is 11.5 Å². The monoisotopic (exact) mass is 386 g/mol. The summed E-state index contributed by atoms with van der Waals surface area (Å²) in [6, 6.07) is 22.2. The molecule has 0 aliphatic heterocycles. The smallest absolute Gasteiger partial charge is 0.275 e. The number of pyridine rings is 1. The van der Waals surface area contributed by atoms with Gasteiger partial charge in [0.2, 0.25) is 0 Å². The summed E-state index contributed by atoms with van der Waals surface area (Å²) in [5, 5.41) is 9.64. The van der Waals surface area contributed by atoms with Gasteiger partial charge in [0.25, 0.3) is 5.91 Å². The zero-order chi connectivity index (χ0) is 20.1. The molecule has 4 aromatic rings. The van der Waals surface area contributed by atoms with Crippen molar-refractivity contribution in [3.05, 3.63) is 90.4 Å². The number of anilines is 3. The Hall–Kier alpha value is -4.13. The molecule has 0 fully saturated rings. The Morgan fingerprint density at radius 2 is 1.79 bits per heavy atom. The third-order valence-corrected chi connectivity index (χ3v) is 4.00. The van der Waals surface area contributed by atoms with E-state index in [1.165, 1.54) is 0 Å². The second kappa shape index (κ2) is 8.26. The lowest BCUT2D eigenvalue weighted by Crippen LogP contribution is -2.13. The molecule has 0 atom stereocenters. The van der Waals surface area contributed by atoms with Gasteiger partial charge in [-0.3, -0.25) is 4.79 Å². The van der Waals surface area contributed by atoms with Crippen molar-refractivity contribution in [2.75, 3.05) is 10.6 Å². The molecule has 2 aromatic carbocycles. The van der Waals surface area contributed by atoms with Crippen LogP contribution in [-0.4, -0.2) is 16.0 Å². The van der Waals surface area contributed by atoms with Gasteiger partial charge in [-0.05, 0) is 43.3 Å². The molecular formula is C22H18N4O3. The average molecular weight is 386 g/mol. The number of carbonyl (C=O) groups is 1. The van der Waals surface area contributed by atoms with Crippen LogP contribution >= 0.6 is 0 Å². The summed E-state index contributed by atoms with van der Waals surface area (Å²) in [5.41, 5.74) is 1.78. The molecule has 0 spiro atoms. The van der Waals surface area contributed by atoms with Crippen LogP contribution < -0.4 is 15.4 Å². The van der Waals surface area contributed by atoms with Crippen LogP contribution in [0.4, 0.5) is 17.2 Å². The van der Waals surface area contributed by atoms with Crippen LogP contribution in [-0.2, 0) is 0 Å². The van der Waals surface area contributed by atoms with Crippen LogP contribution in [0.3, 0.4) is 0 Å². The number of amides is 1. The highest BCUT2D eigenvalue weighted by atomic mass is 16.5. The van der Waals surface area contributed by atoms with Crippen molar-refractivity contribution in [3.63, 3.8) is 0 Å². The highest BCUT2D eigenvalue weighted by Crippen LogP contribution is 2.31. The van der Waals surface area contributed by atoms with Crippen LogP contribution in [0.15, 0.2) is 83.5 Å². The first kappa shape index (κ1) is 18.2. The van der Waals surface area contributed by atoms with E-state index >= 15 is 0 Å². The normalized spacial score (nSPS) is 10.4. The molecule has 2 aromatic heterocycles. The predicted molar refractivity (Wildman–Crippen MR) is 110 cm³/mol. The minimum absolute atomic E-state index is 0.269. The number of ether oxygens (including phenoxy) is 1. The maximum absolute atomic E-state index is 12.3. The number of hydrogen-bond donors (Lipinski definition) is 2. The van der Waals surface area contributed by atoms with Crippen molar-refractivity contribution in [3.8, 4) is 11.5 Å². The fraction of sp³-hybridized carbons (Fsp3) is 0.0455. The molecular weight excluding hydrogens is 368 g/mol. The zero-order valence-corrected chi connectivity index (χ0v) is 15.6. The predicted octanol–water partition coefficient (Wildman–Crippen LogP) is 5.17. The van der Waals surface area contributed by atoms with Gasteiger partial charge in [-0.15, -0.1) is 0 Å². The van der Waals surface area contributed by atoms with Gasteiger partial charge in [0.1, 0.15) is 17.2 Å².